The molecule has 0 unspecified atom stereocenters. The second-order valence-electron chi connectivity index (χ2n) is 4.53. The third-order valence-electron chi connectivity index (χ3n) is 3.38. The van der Waals surface area contributed by atoms with Gasteiger partial charge in [0, 0.05) is 12.6 Å². The zero-order valence-corrected chi connectivity index (χ0v) is 10.1. The normalized spacial score (nSPS) is 18.7. The van der Waals surface area contributed by atoms with Gasteiger partial charge in [-0.15, -0.1) is 0 Å². The van der Waals surface area contributed by atoms with Gasteiger partial charge in [-0.25, -0.2) is 0 Å². The van der Waals surface area contributed by atoms with Crippen LogP contribution in [-0.4, -0.2) is 18.5 Å². The van der Waals surface area contributed by atoms with Crippen LogP contribution in [0, 0.1) is 5.92 Å². The van der Waals surface area contributed by atoms with Crippen LogP contribution in [0.25, 0.3) is 0 Å². The molecule has 0 aromatic rings. The molecule has 1 fully saturated rings. The Hall–Kier alpha value is -0.730. The summed E-state index contributed by atoms with van der Waals surface area (Å²) >= 11 is 0. The Bertz CT molecular complexity index is 191. The topological polar surface area (TPSA) is 50.4 Å². The summed E-state index contributed by atoms with van der Waals surface area (Å²) < 4.78 is 0. The number of nitrogens with zero attached hydrogens (tertiary/aromatic N) is 1. The van der Waals surface area contributed by atoms with Crippen molar-refractivity contribution in [3.8, 4) is 0 Å². The van der Waals surface area contributed by atoms with Gasteiger partial charge in [-0.1, -0.05) is 39.5 Å². The molecular weight excluding hydrogens is 186 g/mol. The maximum absolute atomic E-state index is 5.85. The fraction of sp³-hybridized carbons (Fsp3) is 0.917. The zero-order valence-electron chi connectivity index (χ0n) is 10.1. The second-order valence-corrected chi connectivity index (χ2v) is 4.53. The van der Waals surface area contributed by atoms with Gasteiger partial charge >= 0.3 is 0 Å². The van der Waals surface area contributed by atoms with E-state index < -0.39 is 0 Å². The molecule has 3 heteroatoms. The first-order valence-corrected chi connectivity index (χ1v) is 6.32. The van der Waals surface area contributed by atoms with Crippen molar-refractivity contribution in [2.75, 3.05) is 6.54 Å². The van der Waals surface area contributed by atoms with E-state index in [1.807, 2.05) is 0 Å². The van der Waals surface area contributed by atoms with E-state index in [-0.39, 0.29) is 0 Å². The Morgan fingerprint density at radius 3 is 2.47 bits per heavy atom. The highest BCUT2D eigenvalue weighted by Gasteiger charge is 2.14. The van der Waals surface area contributed by atoms with Gasteiger partial charge in [0.15, 0.2) is 5.96 Å². The molecule has 0 spiro atoms. The van der Waals surface area contributed by atoms with E-state index in [0.717, 1.165) is 6.54 Å². The average molecular weight is 211 g/mol. The number of hydrogen-bond acceptors (Lipinski definition) is 1. The SMILES string of the molecule is CCC(CC)CN=C(N)NC1CCCC1. The van der Waals surface area contributed by atoms with Crippen molar-refractivity contribution >= 4 is 5.96 Å². The fourth-order valence-corrected chi connectivity index (χ4v) is 2.10. The lowest BCUT2D eigenvalue weighted by atomic mass is 10.0. The van der Waals surface area contributed by atoms with Crippen LogP contribution in [-0.2, 0) is 0 Å². The number of hydrogen-bond donors (Lipinski definition) is 2. The van der Waals surface area contributed by atoms with Gasteiger partial charge in [-0.2, -0.15) is 0 Å². The van der Waals surface area contributed by atoms with Crippen LogP contribution in [0.15, 0.2) is 4.99 Å². The Labute approximate surface area is 93.5 Å². The molecule has 1 aliphatic carbocycles. The van der Waals surface area contributed by atoms with Crippen LogP contribution >= 0.6 is 0 Å². The van der Waals surface area contributed by atoms with E-state index in [1.165, 1.54) is 38.5 Å². The van der Waals surface area contributed by atoms with Crippen LogP contribution in [0.3, 0.4) is 0 Å². The highest BCUT2D eigenvalue weighted by Crippen LogP contribution is 2.17. The highest BCUT2D eigenvalue weighted by atomic mass is 15.1. The number of rotatable bonds is 5. The fourth-order valence-electron chi connectivity index (χ4n) is 2.10. The monoisotopic (exact) mass is 211 g/mol. The van der Waals surface area contributed by atoms with Crippen LogP contribution in [0.2, 0.25) is 0 Å². The molecule has 1 rings (SSSR count). The van der Waals surface area contributed by atoms with E-state index in [2.05, 4.69) is 24.2 Å². The molecule has 0 bridgehead atoms. The third-order valence-corrected chi connectivity index (χ3v) is 3.38. The molecule has 0 saturated heterocycles. The van der Waals surface area contributed by atoms with Gasteiger partial charge in [0.05, 0.1) is 0 Å². The molecule has 0 aromatic carbocycles. The Kier molecular flexibility index (Phi) is 5.51. The molecule has 1 aliphatic rings. The van der Waals surface area contributed by atoms with Crippen molar-refractivity contribution < 1.29 is 0 Å². The molecule has 3 nitrogen and oxygen atoms in total. The molecule has 0 aliphatic heterocycles. The molecule has 0 atom stereocenters. The van der Waals surface area contributed by atoms with E-state index >= 15 is 0 Å². The van der Waals surface area contributed by atoms with E-state index in [0.29, 0.717) is 17.9 Å². The quantitative estimate of drug-likeness (QED) is 0.541. The first-order chi connectivity index (χ1) is 7.26. The number of nitrogens with one attached hydrogen (secondary N) is 1. The lowest BCUT2D eigenvalue weighted by molar-refractivity contribution is 0.503. The first kappa shape index (κ1) is 12.3. The summed E-state index contributed by atoms with van der Waals surface area (Å²) in [6.45, 7) is 5.30. The van der Waals surface area contributed by atoms with Crippen molar-refractivity contribution in [2.45, 2.75) is 58.4 Å². The molecule has 0 radical (unpaired) electrons. The first-order valence-electron chi connectivity index (χ1n) is 6.32. The summed E-state index contributed by atoms with van der Waals surface area (Å²) in [7, 11) is 0. The Morgan fingerprint density at radius 2 is 1.93 bits per heavy atom. The van der Waals surface area contributed by atoms with Gasteiger partial charge in [-0.3, -0.25) is 4.99 Å². The third kappa shape index (κ3) is 4.54. The minimum atomic E-state index is 0.579. The summed E-state index contributed by atoms with van der Waals surface area (Å²) in [5.74, 6) is 1.34. The van der Waals surface area contributed by atoms with Crippen LogP contribution in [0.5, 0.6) is 0 Å². The molecule has 0 amide bonds. The molecule has 0 aromatic heterocycles. The van der Waals surface area contributed by atoms with Crippen molar-refractivity contribution in [2.24, 2.45) is 16.6 Å². The highest BCUT2D eigenvalue weighted by molar-refractivity contribution is 5.78. The lowest BCUT2D eigenvalue weighted by Gasteiger charge is -2.14. The maximum Gasteiger partial charge on any atom is 0.188 e. The summed E-state index contributed by atoms with van der Waals surface area (Å²) in [5.41, 5.74) is 5.85. The summed E-state index contributed by atoms with van der Waals surface area (Å²) in [4.78, 5) is 4.41. The summed E-state index contributed by atoms with van der Waals surface area (Å²) in [5, 5.41) is 3.31. The van der Waals surface area contributed by atoms with Gasteiger partial charge in [0.2, 0.25) is 0 Å². The van der Waals surface area contributed by atoms with Gasteiger partial charge in [0.1, 0.15) is 0 Å². The molecule has 0 heterocycles. The Balaban J connectivity index is 2.25. The smallest absolute Gasteiger partial charge is 0.188 e. The molecule has 15 heavy (non-hydrogen) atoms. The van der Waals surface area contributed by atoms with Crippen LogP contribution in [0.1, 0.15) is 52.4 Å². The van der Waals surface area contributed by atoms with Gasteiger partial charge < -0.3 is 11.1 Å². The minimum absolute atomic E-state index is 0.579. The van der Waals surface area contributed by atoms with E-state index in [4.69, 9.17) is 5.73 Å². The van der Waals surface area contributed by atoms with Crippen LogP contribution < -0.4 is 11.1 Å². The summed E-state index contributed by atoms with van der Waals surface area (Å²) in [6, 6.07) is 0.579. The predicted molar refractivity (Wildman–Crippen MR) is 66.0 cm³/mol. The van der Waals surface area contributed by atoms with Crippen molar-refractivity contribution in [3.05, 3.63) is 0 Å². The average Bonchev–Trinajstić information content (AvgIpc) is 2.72. The predicted octanol–water partition coefficient (Wildman–Crippen LogP) is 2.27. The van der Waals surface area contributed by atoms with Gasteiger partial charge in [0.25, 0.3) is 0 Å². The second kappa shape index (κ2) is 6.70. The summed E-state index contributed by atoms with van der Waals surface area (Å²) in [6.07, 6.45) is 7.55. The largest absolute Gasteiger partial charge is 0.370 e. The maximum atomic E-state index is 5.85. The molecule has 88 valence electrons. The minimum Gasteiger partial charge on any atom is -0.370 e. The van der Waals surface area contributed by atoms with E-state index in [1.54, 1.807) is 0 Å². The van der Waals surface area contributed by atoms with Crippen molar-refractivity contribution in [1.29, 1.82) is 0 Å². The number of aliphatic imine (C=N–C) groups is 1. The standard InChI is InChI=1S/C12H25N3/c1-3-10(4-2)9-14-12(13)15-11-7-5-6-8-11/h10-11H,3-9H2,1-2H3,(H3,13,14,15). The number of nitrogens with two attached hydrogens (primary N) is 1. The van der Waals surface area contributed by atoms with Gasteiger partial charge in [-0.05, 0) is 18.8 Å². The van der Waals surface area contributed by atoms with Crippen molar-refractivity contribution in [1.82, 2.24) is 5.32 Å². The molecular formula is C12H25N3. The Morgan fingerprint density at radius 1 is 1.33 bits per heavy atom. The van der Waals surface area contributed by atoms with E-state index in [9.17, 15) is 0 Å². The lowest BCUT2D eigenvalue weighted by Crippen LogP contribution is -2.38. The number of guanidine groups is 1. The van der Waals surface area contributed by atoms with Crippen molar-refractivity contribution in [3.63, 3.8) is 0 Å². The zero-order chi connectivity index (χ0) is 11.1. The van der Waals surface area contributed by atoms with Crippen LogP contribution in [0.4, 0.5) is 0 Å². The molecule has 1 saturated carbocycles. The molecule has 3 N–H and O–H groups in total.